The minimum absolute atomic E-state index is 0. The van der Waals surface area contributed by atoms with Crippen molar-refractivity contribution >= 4 is 29.9 Å². The summed E-state index contributed by atoms with van der Waals surface area (Å²) in [6.07, 6.45) is 5.83. The molecule has 1 N–H and O–H groups in total. The van der Waals surface area contributed by atoms with Gasteiger partial charge in [-0.25, -0.2) is 0 Å². The van der Waals surface area contributed by atoms with E-state index < -0.39 is 0 Å². The fourth-order valence-corrected chi connectivity index (χ4v) is 2.85. The largest absolute Gasteiger partial charge is 0.493 e. The van der Waals surface area contributed by atoms with Crippen LogP contribution >= 0.6 is 24.0 Å². The van der Waals surface area contributed by atoms with Crippen LogP contribution in [0.5, 0.6) is 11.5 Å². The first kappa shape index (κ1) is 24.1. The zero-order chi connectivity index (χ0) is 19.6. The Bertz CT molecular complexity index is 748. The van der Waals surface area contributed by atoms with Crippen molar-refractivity contribution in [2.24, 2.45) is 4.99 Å². The lowest BCUT2D eigenvalue weighted by Gasteiger charge is -2.22. The van der Waals surface area contributed by atoms with E-state index in [4.69, 9.17) is 9.47 Å². The molecule has 0 unspecified atom stereocenters. The van der Waals surface area contributed by atoms with Gasteiger partial charge in [0.05, 0.1) is 20.4 Å². The molecule has 0 aliphatic heterocycles. The normalized spacial score (nSPS) is 11.0. The molecule has 28 heavy (non-hydrogen) atoms. The zero-order valence-corrected chi connectivity index (χ0v) is 19.8. The molecule has 7 nitrogen and oxygen atoms in total. The van der Waals surface area contributed by atoms with Crippen molar-refractivity contribution in [2.45, 2.75) is 26.3 Å². The summed E-state index contributed by atoms with van der Waals surface area (Å²) in [5.74, 6) is 2.40. The van der Waals surface area contributed by atoms with E-state index in [9.17, 15) is 0 Å². The average molecular weight is 501 g/mol. The number of nitrogens with one attached hydrogen (secondary N) is 1. The maximum Gasteiger partial charge on any atom is 0.193 e. The molecule has 0 spiro atoms. The van der Waals surface area contributed by atoms with E-state index in [1.807, 2.05) is 37.1 Å². The third kappa shape index (κ3) is 7.21. The molecule has 2 aromatic rings. The van der Waals surface area contributed by atoms with Crippen molar-refractivity contribution in [3.05, 3.63) is 41.7 Å². The second-order valence-corrected chi connectivity index (χ2v) is 6.47. The van der Waals surface area contributed by atoms with Crippen molar-refractivity contribution in [1.29, 1.82) is 0 Å². The molecular formula is C20H32IN5O2. The number of hydrogen-bond donors (Lipinski definition) is 1. The minimum Gasteiger partial charge on any atom is -0.493 e. The quantitative estimate of drug-likeness (QED) is 0.248. The third-order valence-electron chi connectivity index (χ3n) is 4.37. The van der Waals surface area contributed by atoms with E-state index >= 15 is 0 Å². The fourth-order valence-electron chi connectivity index (χ4n) is 2.85. The standard InChI is InChI=1S/C20H31N5O2.HI/c1-16-14-23-25(15-16)11-6-10-22-20(21-2)24(3)12-9-17-7-8-18(26-4)19(13-17)27-5;/h7-8,13-15H,6,9-12H2,1-5H3,(H,21,22);1H. The average Bonchev–Trinajstić information content (AvgIpc) is 3.11. The fraction of sp³-hybridized carbons (Fsp3) is 0.500. The van der Waals surface area contributed by atoms with Gasteiger partial charge >= 0.3 is 0 Å². The van der Waals surface area contributed by atoms with Gasteiger partial charge in [-0.2, -0.15) is 5.10 Å². The summed E-state index contributed by atoms with van der Waals surface area (Å²) in [4.78, 5) is 6.51. The Kier molecular flexibility index (Phi) is 10.7. The molecule has 0 radical (unpaired) electrons. The van der Waals surface area contributed by atoms with E-state index in [-0.39, 0.29) is 24.0 Å². The SMILES string of the molecule is CN=C(NCCCn1cc(C)cn1)N(C)CCc1ccc(OC)c(OC)c1.I. The van der Waals surface area contributed by atoms with Crippen LogP contribution in [0.4, 0.5) is 0 Å². The van der Waals surface area contributed by atoms with Crippen LogP contribution in [-0.4, -0.2) is 62.0 Å². The molecule has 0 bridgehead atoms. The van der Waals surface area contributed by atoms with E-state index in [0.717, 1.165) is 49.9 Å². The highest BCUT2D eigenvalue weighted by Crippen LogP contribution is 2.27. The lowest BCUT2D eigenvalue weighted by atomic mass is 10.1. The van der Waals surface area contributed by atoms with Gasteiger partial charge in [0, 0.05) is 39.9 Å². The molecular weight excluding hydrogens is 469 g/mol. The number of nitrogens with zero attached hydrogens (tertiary/aromatic N) is 4. The van der Waals surface area contributed by atoms with Gasteiger partial charge in [-0.15, -0.1) is 24.0 Å². The van der Waals surface area contributed by atoms with Gasteiger partial charge in [0.25, 0.3) is 0 Å². The van der Waals surface area contributed by atoms with Crippen molar-refractivity contribution < 1.29 is 9.47 Å². The number of hydrogen-bond acceptors (Lipinski definition) is 4. The molecule has 1 heterocycles. The number of aliphatic imine (C=N–C) groups is 1. The van der Waals surface area contributed by atoms with Crippen molar-refractivity contribution in [2.75, 3.05) is 41.4 Å². The maximum absolute atomic E-state index is 5.37. The number of benzene rings is 1. The molecule has 0 amide bonds. The first-order valence-corrected chi connectivity index (χ1v) is 9.19. The summed E-state index contributed by atoms with van der Waals surface area (Å²) in [6.45, 7) is 4.66. The van der Waals surface area contributed by atoms with E-state index in [0.29, 0.717) is 0 Å². The molecule has 2 rings (SSSR count). The molecule has 8 heteroatoms. The Labute approximate surface area is 185 Å². The lowest BCUT2D eigenvalue weighted by molar-refractivity contribution is 0.354. The molecule has 0 fully saturated rings. The number of aromatic nitrogens is 2. The van der Waals surface area contributed by atoms with Gasteiger partial charge in [-0.3, -0.25) is 9.67 Å². The van der Waals surface area contributed by atoms with Crippen LogP contribution in [0.15, 0.2) is 35.6 Å². The number of halogens is 1. The van der Waals surface area contributed by atoms with Gasteiger partial charge in [0.2, 0.25) is 0 Å². The van der Waals surface area contributed by atoms with Crippen LogP contribution in [0.1, 0.15) is 17.5 Å². The monoisotopic (exact) mass is 501 g/mol. The lowest BCUT2D eigenvalue weighted by Crippen LogP contribution is -2.40. The topological polar surface area (TPSA) is 63.9 Å². The van der Waals surface area contributed by atoms with Crippen LogP contribution in [0.2, 0.25) is 0 Å². The summed E-state index contributed by atoms with van der Waals surface area (Å²) in [5.41, 5.74) is 2.39. The highest BCUT2D eigenvalue weighted by molar-refractivity contribution is 14.0. The molecule has 0 aliphatic carbocycles. The predicted octanol–water partition coefficient (Wildman–Crippen LogP) is 2.97. The van der Waals surface area contributed by atoms with E-state index in [2.05, 4.69) is 39.5 Å². The highest BCUT2D eigenvalue weighted by atomic mass is 127. The Hall–Kier alpha value is -1.97. The number of rotatable bonds is 9. The Balaban J connectivity index is 0.00000392. The highest BCUT2D eigenvalue weighted by Gasteiger charge is 2.08. The van der Waals surface area contributed by atoms with Gasteiger partial charge in [0.15, 0.2) is 17.5 Å². The molecule has 0 saturated carbocycles. The van der Waals surface area contributed by atoms with Crippen molar-refractivity contribution in [3.63, 3.8) is 0 Å². The summed E-state index contributed by atoms with van der Waals surface area (Å²) in [6, 6.07) is 6.03. The number of methoxy groups -OCH3 is 2. The number of ether oxygens (including phenoxy) is 2. The first-order chi connectivity index (χ1) is 13.1. The number of guanidine groups is 1. The second kappa shape index (κ2) is 12.5. The zero-order valence-electron chi connectivity index (χ0n) is 17.4. The maximum atomic E-state index is 5.37. The molecule has 1 aromatic carbocycles. The Morgan fingerprint density at radius 1 is 1.25 bits per heavy atom. The second-order valence-electron chi connectivity index (χ2n) is 6.47. The molecule has 156 valence electrons. The molecule has 0 atom stereocenters. The summed E-state index contributed by atoms with van der Waals surface area (Å²) in [7, 11) is 7.16. The smallest absolute Gasteiger partial charge is 0.193 e. The van der Waals surface area contributed by atoms with Gasteiger partial charge < -0.3 is 19.7 Å². The van der Waals surface area contributed by atoms with Gasteiger partial charge in [0.1, 0.15) is 0 Å². The summed E-state index contributed by atoms with van der Waals surface area (Å²) < 4.78 is 12.6. The number of aryl methyl sites for hydroxylation is 2. The van der Waals surface area contributed by atoms with Crippen LogP contribution < -0.4 is 14.8 Å². The van der Waals surface area contributed by atoms with Crippen molar-refractivity contribution in [1.82, 2.24) is 20.0 Å². The summed E-state index contributed by atoms with van der Waals surface area (Å²) in [5, 5.41) is 7.72. The van der Waals surface area contributed by atoms with Crippen LogP contribution in [0.25, 0.3) is 0 Å². The Morgan fingerprint density at radius 3 is 2.61 bits per heavy atom. The van der Waals surface area contributed by atoms with E-state index in [1.54, 1.807) is 14.2 Å². The van der Waals surface area contributed by atoms with Gasteiger partial charge in [-0.05, 0) is 43.0 Å². The summed E-state index contributed by atoms with van der Waals surface area (Å²) >= 11 is 0. The minimum atomic E-state index is 0. The van der Waals surface area contributed by atoms with E-state index in [1.165, 1.54) is 11.1 Å². The van der Waals surface area contributed by atoms with Gasteiger partial charge in [-0.1, -0.05) is 6.07 Å². The Morgan fingerprint density at radius 2 is 2.00 bits per heavy atom. The third-order valence-corrected chi connectivity index (χ3v) is 4.37. The first-order valence-electron chi connectivity index (χ1n) is 9.19. The predicted molar refractivity (Wildman–Crippen MR) is 124 cm³/mol. The van der Waals surface area contributed by atoms with Crippen LogP contribution in [-0.2, 0) is 13.0 Å². The van der Waals surface area contributed by atoms with Crippen LogP contribution in [0, 0.1) is 6.92 Å². The molecule has 0 aliphatic rings. The molecule has 0 saturated heterocycles. The van der Waals surface area contributed by atoms with Crippen LogP contribution in [0.3, 0.4) is 0 Å². The molecule has 1 aromatic heterocycles. The van der Waals surface area contributed by atoms with Crippen molar-refractivity contribution in [3.8, 4) is 11.5 Å². The number of likely N-dealkylation sites (N-methyl/N-ethyl adjacent to an activating group) is 1.